The van der Waals surface area contributed by atoms with Crippen molar-refractivity contribution in [1.29, 1.82) is 0 Å². The van der Waals surface area contributed by atoms with Crippen LogP contribution in [0.2, 0.25) is 0 Å². The van der Waals surface area contributed by atoms with Gasteiger partial charge >= 0.3 is 0 Å². The Morgan fingerprint density at radius 2 is 1.02 bits per heavy atom. The lowest BCUT2D eigenvalue weighted by Gasteiger charge is -2.52. The fourth-order valence-corrected chi connectivity index (χ4v) is 13.1. The van der Waals surface area contributed by atoms with E-state index in [4.69, 9.17) is 0 Å². The van der Waals surface area contributed by atoms with Crippen molar-refractivity contribution < 1.29 is 0 Å². The molecule has 6 aliphatic rings. The highest BCUT2D eigenvalue weighted by molar-refractivity contribution is 7.32. The zero-order valence-electron chi connectivity index (χ0n) is 34.9. The first kappa shape index (κ1) is 35.1. The van der Waals surface area contributed by atoms with Crippen LogP contribution in [0.4, 0.5) is 17.1 Å². The van der Waals surface area contributed by atoms with Gasteiger partial charge in [0.25, 0.3) is 6.71 Å². The van der Waals surface area contributed by atoms with Gasteiger partial charge in [-0.25, -0.2) is 0 Å². The maximum absolute atomic E-state index is 2.69. The van der Waals surface area contributed by atoms with Crippen LogP contribution < -0.4 is 20.6 Å². The van der Waals surface area contributed by atoms with Crippen molar-refractivity contribution in [2.45, 2.75) is 160 Å². The second-order valence-corrected chi connectivity index (χ2v) is 22.9. The summed E-state index contributed by atoms with van der Waals surface area (Å²) in [6, 6.07) is 28.1. The first-order valence-electron chi connectivity index (χ1n) is 21.1. The topological polar surface area (TPSA) is 3.24 Å². The maximum atomic E-state index is 2.69. The van der Waals surface area contributed by atoms with Crippen LogP contribution in [0.25, 0.3) is 10.1 Å². The predicted molar refractivity (Wildman–Crippen MR) is 236 cm³/mol. The van der Waals surface area contributed by atoms with Crippen LogP contribution in [-0.4, -0.2) is 6.71 Å². The summed E-state index contributed by atoms with van der Waals surface area (Å²) in [5, 5.41) is 1.45. The third-order valence-electron chi connectivity index (χ3n) is 16.1. The molecule has 11 rings (SSSR count). The fraction of sp³-hybridized carbons (Fsp3) is 0.490. The van der Waals surface area contributed by atoms with Crippen molar-refractivity contribution in [3.63, 3.8) is 0 Å². The average molecular weight is 730 g/mol. The first-order valence-corrected chi connectivity index (χ1v) is 22.0. The molecule has 5 aliphatic carbocycles. The van der Waals surface area contributed by atoms with E-state index in [9.17, 15) is 0 Å². The molecule has 54 heavy (non-hydrogen) atoms. The SMILES string of the molecule is Cc1ccc2c(c1)N(c1ccc3c(c1)C(C)(C)CCC3(C)C)c1cc3c(cc1B2c1cc2cc4c(cc2s1)C1(C)CCC4(C)CC1)C(C)(C)CCC3(C)C. The van der Waals surface area contributed by atoms with E-state index in [0.29, 0.717) is 10.8 Å². The number of thiophene rings is 1. The van der Waals surface area contributed by atoms with E-state index in [1.54, 1.807) is 16.7 Å². The Morgan fingerprint density at radius 1 is 0.481 bits per heavy atom. The van der Waals surface area contributed by atoms with Crippen molar-refractivity contribution in [3.8, 4) is 0 Å². The Balaban J connectivity index is 1.24. The number of nitrogens with zero attached hydrogens (tertiary/aromatic N) is 1. The maximum Gasteiger partial charge on any atom is 0.259 e. The zero-order valence-corrected chi connectivity index (χ0v) is 35.8. The molecule has 3 heteroatoms. The summed E-state index contributed by atoms with van der Waals surface area (Å²) in [6.45, 7) is 27.3. The summed E-state index contributed by atoms with van der Waals surface area (Å²) in [7, 11) is 0. The number of fused-ring (bicyclic) bond motifs is 7. The molecule has 1 nitrogen and oxygen atoms in total. The number of rotatable bonds is 2. The number of aryl methyl sites for hydroxylation is 1. The lowest BCUT2D eigenvalue weighted by atomic mass is 9.37. The molecule has 0 N–H and O–H groups in total. The fourth-order valence-electron chi connectivity index (χ4n) is 11.9. The van der Waals surface area contributed by atoms with Crippen LogP contribution in [0.1, 0.15) is 160 Å². The molecule has 1 fully saturated rings. The lowest BCUT2D eigenvalue weighted by Crippen LogP contribution is -2.57. The molecule has 0 saturated heterocycles. The Bertz CT molecular complexity index is 2350. The monoisotopic (exact) mass is 729 g/mol. The van der Waals surface area contributed by atoms with Crippen LogP contribution in [0.3, 0.4) is 0 Å². The van der Waals surface area contributed by atoms with Gasteiger partial charge in [-0.15, -0.1) is 11.3 Å². The molecule has 0 amide bonds. The van der Waals surface area contributed by atoms with Crippen molar-refractivity contribution in [1.82, 2.24) is 0 Å². The molecule has 2 bridgehead atoms. The molecule has 4 aromatic carbocycles. The van der Waals surface area contributed by atoms with E-state index in [1.165, 1.54) is 116 Å². The van der Waals surface area contributed by atoms with E-state index in [0.717, 1.165) is 0 Å². The minimum atomic E-state index is 0.123. The van der Waals surface area contributed by atoms with E-state index in [-0.39, 0.29) is 28.4 Å². The summed E-state index contributed by atoms with van der Waals surface area (Å²) in [6.07, 6.45) is 10.2. The molecule has 278 valence electrons. The van der Waals surface area contributed by atoms with Crippen molar-refractivity contribution in [2.75, 3.05) is 4.90 Å². The summed E-state index contributed by atoms with van der Waals surface area (Å²) < 4.78 is 2.96. The predicted octanol–water partition coefficient (Wildman–Crippen LogP) is 12.3. The number of hydrogen-bond acceptors (Lipinski definition) is 2. The Hall–Kier alpha value is -3.30. The molecule has 2 heterocycles. The zero-order chi connectivity index (χ0) is 38.0. The molecule has 0 atom stereocenters. The van der Waals surface area contributed by atoms with Crippen molar-refractivity contribution in [2.24, 2.45) is 0 Å². The molecular formula is C51H60BNS. The van der Waals surface area contributed by atoms with Gasteiger partial charge in [-0.1, -0.05) is 93.5 Å². The number of hydrogen-bond donors (Lipinski definition) is 0. The van der Waals surface area contributed by atoms with Crippen LogP contribution >= 0.6 is 11.3 Å². The Labute approximate surface area is 330 Å². The van der Waals surface area contributed by atoms with Gasteiger partial charge in [-0.3, -0.25) is 0 Å². The summed E-state index contributed by atoms with van der Waals surface area (Å²) in [5.41, 5.74) is 18.9. The number of benzene rings is 4. The molecular weight excluding hydrogens is 669 g/mol. The van der Waals surface area contributed by atoms with Crippen LogP contribution in [-0.2, 0) is 32.5 Å². The second kappa shape index (κ2) is 11.0. The largest absolute Gasteiger partial charge is 0.311 e. The van der Waals surface area contributed by atoms with Gasteiger partial charge in [0.05, 0.1) is 0 Å². The lowest BCUT2D eigenvalue weighted by molar-refractivity contribution is 0.188. The summed E-state index contributed by atoms with van der Waals surface area (Å²) >= 11 is 2.07. The molecule has 0 spiro atoms. The normalized spacial score (nSPS) is 26.5. The van der Waals surface area contributed by atoms with Crippen LogP contribution in [0.15, 0.2) is 66.7 Å². The van der Waals surface area contributed by atoms with Gasteiger partial charge in [0.2, 0.25) is 0 Å². The average Bonchev–Trinajstić information content (AvgIpc) is 3.54. The first-order chi connectivity index (χ1) is 25.3. The summed E-state index contributed by atoms with van der Waals surface area (Å²) in [5.74, 6) is 0. The van der Waals surface area contributed by atoms with Crippen molar-refractivity contribution in [3.05, 3.63) is 106 Å². The smallest absolute Gasteiger partial charge is 0.259 e. The van der Waals surface area contributed by atoms with Crippen LogP contribution in [0.5, 0.6) is 0 Å². The molecule has 1 saturated carbocycles. The van der Waals surface area contributed by atoms with Gasteiger partial charge in [0.15, 0.2) is 0 Å². The van der Waals surface area contributed by atoms with Gasteiger partial charge in [-0.2, -0.15) is 0 Å². The van der Waals surface area contributed by atoms with Crippen LogP contribution in [0, 0.1) is 6.92 Å². The molecule has 0 radical (unpaired) electrons. The third-order valence-corrected chi connectivity index (χ3v) is 17.3. The molecule has 5 aromatic rings. The minimum absolute atomic E-state index is 0.123. The molecule has 1 aliphatic heterocycles. The quantitative estimate of drug-likeness (QED) is 0.160. The second-order valence-electron chi connectivity index (χ2n) is 21.8. The highest BCUT2D eigenvalue weighted by Crippen LogP contribution is 2.57. The molecule has 1 aromatic heterocycles. The van der Waals surface area contributed by atoms with Gasteiger partial charge < -0.3 is 4.90 Å². The van der Waals surface area contributed by atoms with E-state index in [2.05, 4.69) is 159 Å². The third kappa shape index (κ3) is 4.88. The van der Waals surface area contributed by atoms with E-state index >= 15 is 0 Å². The standard InChI is InChI=1S/C51H60BNS/c1-31-12-15-40-42(24-31)53(33-13-14-34-35(27-33)47(4,5)17-16-46(34,2)3)43-29-37-36(48(6,7)18-19-49(37,8)9)28-41(43)52(40)45-26-32-25-38-39(30-44(32)54-45)51(11)22-20-50(38,10)21-23-51/h12-15,24-30H,16-23H2,1-11H3. The van der Waals surface area contributed by atoms with Gasteiger partial charge in [-0.05, 0) is 193 Å². The van der Waals surface area contributed by atoms with E-state index < -0.39 is 0 Å². The van der Waals surface area contributed by atoms with Gasteiger partial charge in [0.1, 0.15) is 0 Å². The molecule has 0 unspecified atom stereocenters. The Kier molecular flexibility index (Phi) is 7.13. The Morgan fingerprint density at radius 3 is 1.65 bits per heavy atom. The summed E-state index contributed by atoms with van der Waals surface area (Å²) in [4.78, 5) is 2.68. The minimum Gasteiger partial charge on any atom is -0.311 e. The van der Waals surface area contributed by atoms with E-state index in [1.807, 2.05) is 0 Å². The van der Waals surface area contributed by atoms with Crippen molar-refractivity contribution >= 4 is 60.9 Å². The highest BCUT2D eigenvalue weighted by Gasteiger charge is 2.48. The highest BCUT2D eigenvalue weighted by atomic mass is 32.1. The number of anilines is 3. The van der Waals surface area contributed by atoms with Gasteiger partial charge in [0, 0.05) is 21.8 Å².